The summed E-state index contributed by atoms with van der Waals surface area (Å²) in [5.74, 6) is 1.91. The Labute approximate surface area is 404 Å². The van der Waals surface area contributed by atoms with E-state index in [1.165, 1.54) is 96.5 Å². The Bertz CT molecular complexity index is 3700. The average Bonchev–Trinajstić information content (AvgIpc) is 3.98. The summed E-state index contributed by atoms with van der Waals surface area (Å²) in [4.78, 5) is 4.91. The second-order valence-electron chi connectivity index (χ2n) is 19.5. The highest BCUT2D eigenvalue weighted by Crippen LogP contribution is 2.55. The predicted octanol–water partition coefficient (Wildman–Crippen LogP) is 19.9. The summed E-state index contributed by atoms with van der Waals surface area (Å²) in [6.45, 7) is 6.29. The second-order valence-corrected chi connectivity index (χ2v) is 19.5. The van der Waals surface area contributed by atoms with Crippen molar-refractivity contribution in [1.82, 2.24) is 0 Å². The molecule has 0 spiro atoms. The van der Waals surface area contributed by atoms with Gasteiger partial charge in [-0.25, -0.2) is 0 Å². The lowest BCUT2D eigenvalue weighted by Gasteiger charge is -2.33. The molecule has 2 aromatic heterocycles. The molecule has 2 heterocycles. The van der Waals surface area contributed by atoms with Gasteiger partial charge in [0.2, 0.25) is 0 Å². The summed E-state index contributed by atoms with van der Waals surface area (Å²) < 4.78 is 13.9. The van der Waals surface area contributed by atoms with Crippen LogP contribution in [0.3, 0.4) is 0 Å². The third-order valence-electron chi connectivity index (χ3n) is 15.7. The van der Waals surface area contributed by atoms with Crippen LogP contribution in [0.5, 0.6) is 0 Å². The minimum atomic E-state index is 0.555. The Morgan fingerprint density at radius 2 is 0.942 bits per heavy atom. The monoisotopic (exact) mass is 896 g/mol. The first-order valence-corrected chi connectivity index (χ1v) is 25.4. The van der Waals surface area contributed by atoms with Crippen molar-refractivity contribution in [3.05, 3.63) is 193 Å². The molecular formula is C65H56N2O2. The fraction of sp³-hybridized carbons (Fsp3) is 0.200. The Morgan fingerprint density at radius 3 is 1.51 bits per heavy atom. The number of benzene rings is 9. The third-order valence-corrected chi connectivity index (χ3v) is 15.7. The zero-order valence-electron chi connectivity index (χ0n) is 39.4. The third kappa shape index (κ3) is 6.78. The first-order valence-electron chi connectivity index (χ1n) is 25.4. The Kier molecular flexibility index (Phi) is 10.4. The van der Waals surface area contributed by atoms with Gasteiger partial charge in [0.1, 0.15) is 11.3 Å². The van der Waals surface area contributed by atoms with Gasteiger partial charge in [0.15, 0.2) is 11.2 Å². The lowest BCUT2D eigenvalue weighted by atomic mass is 9.75. The highest BCUT2D eigenvalue weighted by atomic mass is 16.3. The van der Waals surface area contributed by atoms with Crippen molar-refractivity contribution in [2.45, 2.75) is 83.0 Å². The van der Waals surface area contributed by atoms with Gasteiger partial charge in [0, 0.05) is 49.3 Å². The lowest BCUT2D eigenvalue weighted by molar-refractivity contribution is 0.438. The van der Waals surface area contributed by atoms with Crippen molar-refractivity contribution in [2.24, 2.45) is 0 Å². The van der Waals surface area contributed by atoms with Gasteiger partial charge in [-0.3, -0.25) is 0 Å². The maximum Gasteiger partial charge on any atom is 0.159 e. The van der Waals surface area contributed by atoms with Gasteiger partial charge >= 0.3 is 0 Å². The minimum Gasteiger partial charge on any atom is -0.454 e. The van der Waals surface area contributed by atoms with Crippen LogP contribution in [0.15, 0.2) is 179 Å². The predicted molar refractivity (Wildman–Crippen MR) is 293 cm³/mol. The highest BCUT2D eigenvalue weighted by molar-refractivity contribution is 6.30. The summed E-state index contributed by atoms with van der Waals surface area (Å²) in [7, 11) is 0. The Hall–Kier alpha value is -7.56. The van der Waals surface area contributed by atoms with Gasteiger partial charge in [-0.1, -0.05) is 166 Å². The number of hydrogen-bond acceptors (Lipinski definition) is 4. The summed E-state index contributed by atoms with van der Waals surface area (Å²) in [6, 6.07) is 58.3. The van der Waals surface area contributed by atoms with Crippen LogP contribution >= 0.6 is 0 Å². The normalized spacial score (nSPS) is 15.2. The molecule has 2 saturated carbocycles. The maximum absolute atomic E-state index is 6.95. The van der Waals surface area contributed by atoms with E-state index >= 15 is 0 Å². The number of nitrogens with zero attached hydrogens (tertiary/aromatic N) is 2. The molecule has 2 aliphatic rings. The number of anilines is 6. The molecule has 0 bridgehead atoms. The lowest BCUT2D eigenvalue weighted by Crippen LogP contribution is -2.15. The van der Waals surface area contributed by atoms with E-state index in [-0.39, 0.29) is 0 Å². The van der Waals surface area contributed by atoms with E-state index in [0.29, 0.717) is 11.8 Å². The number of hydrogen-bond donors (Lipinski definition) is 0. The van der Waals surface area contributed by atoms with E-state index in [4.69, 9.17) is 8.83 Å². The van der Waals surface area contributed by atoms with Gasteiger partial charge in [0.05, 0.1) is 22.7 Å². The van der Waals surface area contributed by atoms with Crippen LogP contribution in [-0.2, 0) is 0 Å². The van der Waals surface area contributed by atoms with Gasteiger partial charge in [-0.05, 0) is 126 Å². The van der Waals surface area contributed by atoms with E-state index in [0.717, 1.165) is 78.4 Å². The molecule has 0 atom stereocenters. The fourth-order valence-electron chi connectivity index (χ4n) is 12.6. The van der Waals surface area contributed by atoms with Crippen molar-refractivity contribution < 1.29 is 8.83 Å². The van der Waals surface area contributed by atoms with Crippen LogP contribution in [0.4, 0.5) is 34.1 Å². The van der Waals surface area contributed by atoms with Crippen LogP contribution in [-0.4, -0.2) is 0 Å². The van der Waals surface area contributed by atoms with Crippen LogP contribution in [0.25, 0.3) is 77.4 Å². The van der Waals surface area contributed by atoms with Crippen LogP contribution < -0.4 is 9.80 Å². The average molecular weight is 897 g/mol. The molecule has 0 amide bonds. The summed E-state index contributed by atoms with van der Waals surface area (Å²) in [5, 5.41) is 11.2. The smallest absolute Gasteiger partial charge is 0.159 e. The number of allylic oxidation sites excluding steroid dienone is 1. The van der Waals surface area contributed by atoms with Crippen molar-refractivity contribution in [1.29, 1.82) is 0 Å². The van der Waals surface area contributed by atoms with Crippen molar-refractivity contribution in [3.8, 4) is 0 Å². The summed E-state index contributed by atoms with van der Waals surface area (Å²) in [5.41, 5.74) is 12.9. The topological polar surface area (TPSA) is 32.8 Å². The summed E-state index contributed by atoms with van der Waals surface area (Å²) >= 11 is 0. The molecule has 338 valence electrons. The molecule has 69 heavy (non-hydrogen) atoms. The molecule has 2 aliphatic carbocycles. The SMILES string of the molecule is C=Cc1c(/C=C\C)oc2c(N(c3ccccc3)c3cc(N(c4ccccc4)c4cccc5c4oc4ccccc45)c4ccc5c(C6CCCCC6)cc(C6CCCCC6)c6ccc3c4c65)cccc12. The van der Waals surface area contributed by atoms with E-state index in [1.807, 2.05) is 25.2 Å². The van der Waals surface area contributed by atoms with Crippen LogP contribution in [0.1, 0.15) is 105 Å². The maximum atomic E-state index is 6.95. The van der Waals surface area contributed by atoms with Crippen LogP contribution in [0, 0.1) is 0 Å². The number of fused-ring (bicyclic) bond motifs is 4. The van der Waals surface area contributed by atoms with Gasteiger partial charge < -0.3 is 18.6 Å². The molecule has 2 fully saturated rings. The van der Waals surface area contributed by atoms with E-state index in [1.54, 1.807) is 11.1 Å². The first kappa shape index (κ1) is 41.6. The molecule has 9 aromatic carbocycles. The molecule has 0 unspecified atom stereocenters. The van der Waals surface area contributed by atoms with E-state index in [2.05, 4.69) is 174 Å². The molecule has 4 nitrogen and oxygen atoms in total. The number of para-hydroxylation sites is 5. The van der Waals surface area contributed by atoms with Crippen molar-refractivity contribution >= 4 is 112 Å². The van der Waals surface area contributed by atoms with E-state index in [9.17, 15) is 0 Å². The molecule has 0 saturated heterocycles. The molecule has 0 N–H and O–H groups in total. The molecule has 0 radical (unpaired) electrons. The number of rotatable bonds is 10. The summed E-state index contributed by atoms with van der Waals surface area (Å²) in [6.07, 6.45) is 18.9. The highest BCUT2D eigenvalue weighted by Gasteiger charge is 2.31. The Balaban J connectivity index is 1.20. The molecule has 0 aliphatic heterocycles. The first-order chi connectivity index (χ1) is 34.2. The van der Waals surface area contributed by atoms with Crippen molar-refractivity contribution in [2.75, 3.05) is 9.80 Å². The molecule has 13 rings (SSSR count). The van der Waals surface area contributed by atoms with Gasteiger partial charge in [0.25, 0.3) is 0 Å². The molecule has 4 heteroatoms. The van der Waals surface area contributed by atoms with Crippen LogP contribution in [0.2, 0.25) is 0 Å². The quantitative estimate of drug-likeness (QED) is 0.128. The second kappa shape index (κ2) is 17.2. The molecular weight excluding hydrogens is 841 g/mol. The van der Waals surface area contributed by atoms with E-state index < -0.39 is 0 Å². The zero-order valence-corrected chi connectivity index (χ0v) is 39.4. The largest absolute Gasteiger partial charge is 0.454 e. The van der Waals surface area contributed by atoms with Gasteiger partial charge in [-0.2, -0.15) is 0 Å². The zero-order chi connectivity index (χ0) is 46.0. The number of furan rings is 2. The fourth-order valence-corrected chi connectivity index (χ4v) is 12.6. The minimum absolute atomic E-state index is 0.555. The Morgan fingerprint density at radius 1 is 0.449 bits per heavy atom. The standard InChI is InChI=1S/C65H56N2O2/c1-3-21-60-46(4-2)50-31-19-33-56(64(50)68-60)66(44-26-13-7-14-27-44)58-41-59(67(45-28-15-8-16-29-45)57-34-20-32-51-47-30-17-18-35-61(47)69-65(51)57)53-39-37-49-55(43-24-11-6-12-25-43)40-54(42-22-9-5-10-23-42)48-36-38-52(58)63(53)62(48)49/h3-4,7-8,13-21,26-43H,2,5-6,9-12,22-25H2,1H3/b21-3-. The van der Waals surface area contributed by atoms with Crippen molar-refractivity contribution in [3.63, 3.8) is 0 Å². The van der Waals surface area contributed by atoms with Gasteiger partial charge in [-0.15, -0.1) is 0 Å². The molecule has 11 aromatic rings.